The summed E-state index contributed by atoms with van der Waals surface area (Å²) < 4.78 is 5.30. The van der Waals surface area contributed by atoms with Gasteiger partial charge in [0.15, 0.2) is 0 Å². The normalized spacial score (nSPS) is 23.6. The van der Waals surface area contributed by atoms with Gasteiger partial charge in [0.25, 0.3) is 0 Å². The van der Waals surface area contributed by atoms with Gasteiger partial charge in [-0.05, 0) is 33.6 Å². The van der Waals surface area contributed by atoms with Crippen LogP contribution in [0.1, 0.15) is 33.6 Å². The fourth-order valence-electron chi connectivity index (χ4n) is 2.71. The third-order valence-corrected chi connectivity index (χ3v) is 3.88. The standard InChI is InChI=1S/C12H19ClN2O3/c1-11(2,3)18-10(16)15-6-12(7-15)4-8(5-12)9(13)14-17/h8,17H,4-7H2,1-3H3/b14-9+. The third-order valence-electron chi connectivity index (χ3n) is 3.50. The van der Waals surface area contributed by atoms with E-state index < -0.39 is 5.60 Å². The molecule has 1 amide bonds. The number of hydrogen-bond donors (Lipinski definition) is 1. The molecule has 1 N–H and O–H groups in total. The molecule has 6 heteroatoms. The topological polar surface area (TPSA) is 62.1 Å². The Kier molecular flexibility index (Phi) is 3.21. The van der Waals surface area contributed by atoms with Crippen molar-refractivity contribution in [3.8, 4) is 0 Å². The molecule has 1 spiro atoms. The summed E-state index contributed by atoms with van der Waals surface area (Å²) in [5.41, 5.74) is -0.277. The van der Waals surface area contributed by atoms with Crippen molar-refractivity contribution < 1.29 is 14.7 Å². The maximum Gasteiger partial charge on any atom is 0.410 e. The van der Waals surface area contributed by atoms with Crippen molar-refractivity contribution in [3.05, 3.63) is 0 Å². The predicted octanol–water partition coefficient (Wildman–Crippen LogP) is 2.66. The summed E-state index contributed by atoms with van der Waals surface area (Å²) in [5.74, 6) is 0.150. The average molecular weight is 275 g/mol. The highest BCUT2D eigenvalue weighted by Gasteiger charge is 2.55. The molecule has 0 radical (unpaired) electrons. The molecule has 2 aliphatic rings. The van der Waals surface area contributed by atoms with Gasteiger partial charge < -0.3 is 14.8 Å². The monoisotopic (exact) mass is 274 g/mol. The molecule has 2 rings (SSSR count). The molecule has 5 nitrogen and oxygen atoms in total. The van der Waals surface area contributed by atoms with Crippen molar-refractivity contribution in [2.45, 2.75) is 39.2 Å². The quantitative estimate of drug-likeness (QED) is 0.454. The van der Waals surface area contributed by atoms with Crippen LogP contribution < -0.4 is 0 Å². The van der Waals surface area contributed by atoms with Gasteiger partial charge in [-0.25, -0.2) is 4.79 Å². The van der Waals surface area contributed by atoms with E-state index in [9.17, 15) is 4.79 Å². The molecule has 102 valence electrons. The maximum atomic E-state index is 11.8. The number of rotatable bonds is 1. The fraction of sp³-hybridized carbons (Fsp3) is 0.833. The molecule has 0 unspecified atom stereocenters. The van der Waals surface area contributed by atoms with Crippen molar-refractivity contribution in [3.63, 3.8) is 0 Å². The van der Waals surface area contributed by atoms with Crippen LogP contribution in [-0.2, 0) is 4.74 Å². The highest BCUT2D eigenvalue weighted by atomic mass is 35.5. The first-order valence-electron chi connectivity index (χ1n) is 6.10. The Labute approximate surface area is 112 Å². The lowest BCUT2D eigenvalue weighted by Gasteiger charge is -2.58. The van der Waals surface area contributed by atoms with Gasteiger partial charge in [0.1, 0.15) is 10.8 Å². The van der Waals surface area contributed by atoms with Gasteiger partial charge in [-0.2, -0.15) is 0 Å². The van der Waals surface area contributed by atoms with E-state index in [0.717, 1.165) is 12.8 Å². The molecule has 0 atom stereocenters. The van der Waals surface area contributed by atoms with Gasteiger partial charge in [-0.3, -0.25) is 0 Å². The Bertz CT molecular complexity index is 375. The van der Waals surface area contributed by atoms with E-state index in [2.05, 4.69) is 5.16 Å². The highest BCUT2D eigenvalue weighted by Crippen LogP contribution is 2.52. The average Bonchev–Trinajstić information content (AvgIpc) is 2.09. The number of nitrogens with zero attached hydrogens (tertiary/aromatic N) is 2. The molecule has 0 aromatic carbocycles. The van der Waals surface area contributed by atoms with E-state index in [1.807, 2.05) is 20.8 Å². The van der Waals surface area contributed by atoms with Crippen molar-refractivity contribution >= 4 is 22.9 Å². The van der Waals surface area contributed by atoms with E-state index in [-0.39, 0.29) is 22.6 Å². The van der Waals surface area contributed by atoms with E-state index in [0.29, 0.717) is 13.1 Å². The molecule has 0 bridgehead atoms. The smallest absolute Gasteiger partial charge is 0.410 e. The maximum absolute atomic E-state index is 11.8. The van der Waals surface area contributed by atoms with Crippen LogP contribution in [0.2, 0.25) is 0 Å². The zero-order valence-electron chi connectivity index (χ0n) is 10.9. The van der Waals surface area contributed by atoms with Gasteiger partial charge >= 0.3 is 6.09 Å². The Morgan fingerprint density at radius 1 is 1.44 bits per heavy atom. The summed E-state index contributed by atoms with van der Waals surface area (Å²) in [6.45, 7) is 7.01. The second-order valence-corrected chi connectivity index (χ2v) is 6.75. The lowest BCUT2D eigenvalue weighted by atomic mass is 9.58. The molecule has 18 heavy (non-hydrogen) atoms. The van der Waals surface area contributed by atoms with Crippen LogP contribution >= 0.6 is 11.6 Å². The van der Waals surface area contributed by atoms with Crippen molar-refractivity contribution in [1.82, 2.24) is 4.90 Å². The van der Waals surface area contributed by atoms with Gasteiger partial charge in [-0.1, -0.05) is 16.8 Å². The fourth-order valence-corrected chi connectivity index (χ4v) is 2.87. The number of oxime groups is 1. The third kappa shape index (κ3) is 2.55. The number of halogens is 1. The summed E-state index contributed by atoms with van der Waals surface area (Å²) in [4.78, 5) is 13.5. The van der Waals surface area contributed by atoms with Crippen LogP contribution in [0.4, 0.5) is 4.79 Å². The van der Waals surface area contributed by atoms with Crippen LogP contribution in [0.3, 0.4) is 0 Å². The Morgan fingerprint density at radius 2 is 2.00 bits per heavy atom. The molecular formula is C12H19ClN2O3. The second-order valence-electron chi connectivity index (χ2n) is 6.36. The molecule has 1 saturated heterocycles. The molecule has 1 heterocycles. The molecule has 1 aliphatic carbocycles. The lowest BCUT2D eigenvalue weighted by molar-refractivity contribution is -0.0812. The summed E-state index contributed by atoms with van der Waals surface area (Å²) in [5, 5.41) is 11.9. The minimum atomic E-state index is -0.450. The van der Waals surface area contributed by atoms with Crippen molar-refractivity contribution in [1.29, 1.82) is 0 Å². The number of carbonyl (C=O) groups is 1. The second kappa shape index (κ2) is 4.30. The van der Waals surface area contributed by atoms with Crippen LogP contribution in [0.5, 0.6) is 0 Å². The van der Waals surface area contributed by atoms with Crippen molar-refractivity contribution in [2.24, 2.45) is 16.5 Å². The Balaban J connectivity index is 1.77. The van der Waals surface area contributed by atoms with Gasteiger partial charge in [0.05, 0.1) is 0 Å². The molecule has 0 aromatic rings. The molecule has 2 fully saturated rings. The molecular weight excluding hydrogens is 256 g/mol. The number of hydrogen-bond acceptors (Lipinski definition) is 4. The van der Waals surface area contributed by atoms with Crippen molar-refractivity contribution in [2.75, 3.05) is 13.1 Å². The van der Waals surface area contributed by atoms with Crippen LogP contribution in [-0.4, -0.2) is 40.1 Å². The minimum absolute atomic E-state index is 0.150. The predicted molar refractivity (Wildman–Crippen MR) is 68.0 cm³/mol. The molecule has 1 saturated carbocycles. The number of likely N-dealkylation sites (tertiary alicyclic amines) is 1. The zero-order valence-corrected chi connectivity index (χ0v) is 11.7. The van der Waals surface area contributed by atoms with Crippen LogP contribution in [0, 0.1) is 11.3 Å². The van der Waals surface area contributed by atoms with Gasteiger partial charge in [0.2, 0.25) is 0 Å². The Hall–Kier alpha value is -0.970. The van der Waals surface area contributed by atoms with E-state index in [4.69, 9.17) is 21.5 Å². The first-order chi connectivity index (χ1) is 8.25. The summed E-state index contributed by atoms with van der Waals surface area (Å²) in [6, 6.07) is 0. The Morgan fingerprint density at radius 3 is 2.44 bits per heavy atom. The van der Waals surface area contributed by atoms with E-state index in [1.165, 1.54) is 0 Å². The molecule has 1 aliphatic heterocycles. The van der Waals surface area contributed by atoms with Crippen LogP contribution in [0.15, 0.2) is 5.16 Å². The zero-order chi connectivity index (χ0) is 13.6. The lowest BCUT2D eigenvalue weighted by Crippen LogP contribution is -2.64. The highest BCUT2D eigenvalue weighted by molar-refractivity contribution is 6.65. The number of amides is 1. The van der Waals surface area contributed by atoms with E-state index >= 15 is 0 Å². The van der Waals surface area contributed by atoms with Gasteiger partial charge in [0, 0.05) is 24.4 Å². The number of ether oxygens (including phenoxy) is 1. The first kappa shape index (κ1) is 13.5. The minimum Gasteiger partial charge on any atom is -0.444 e. The molecule has 0 aromatic heterocycles. The first-order valence-corrected chi connectivity index (χ1v) is 6.48. The van der Waals surface area contributed by atoms with E-state index in [1.54, 1.807) is 4.90 Å². The van der Waals surface area contributed by atoms with Crippen LogP contribution in [0.25, 0.3) is 0 Å². The summed E-state index contributed by atoms with van der Waals surface area (Å²) in [6.07, 6.45) is 1.52. The largest absolute Gasteiger partial charge is 0.444 e. The van der Waals surface area contributed by atoms with Gasteiger partial charge in [-0.15, -0.1) is 0 Å². The SMILES string of the molecule is CC(C)(C)OC(=O)N1CC2(CC(/C(Cl)=N\O)C2)C1. The number of carbonyl (C=O) groups excluding carboxylic acids is 1. The summed E-state index contributed by atoms with van der Waals surface area (Å²) in [7, 11) is 0. The summed E-state index contributed by atoms with van der Waals surface area (Å²) >= 11 is 5.76.